The Balaban J connectivity index is 2.45. The first-order chi connectivity index (χ1) is 8.17. The third-order valence-electron chi connectivity index (χ3n) is 3.70. The Morgan fingerprint density at radius 1 is 1.41 bits per heavy atom. The van der Waals surface area contributed by atoms with E-state index >= 15 is 0 Å². The highest BCUT2D eigenvalue weighted by atomic mass is 16.5. The second-order valence-electron chi connectivity index (χ2n) is 4.94. The summed E-state index contributed by atoms with van der Waals surface area (Å²) in [4.78, 5) is 14.1. The van der Waals surface area contributed by atoms with Crippen LogP contribution in [0.2, 0.25) is 0 Å². The van der Waals surface area contributed by atoms with E-state index in [0.717, 1.165) is 32.2 Å². The Labute approximate surface area is 104 Å². The van der Waals surface area contributed by atoms with Crippen molar-refractivity contribution in [2.24, 2.45) is 5.73 Å². The molecule has 1 amide bonds. The minimum atomic E-state index is -0.170. The fraction of sp³-hybridized carbons (Fsp3) is 0.923. The van der Waals surface area contributed by atoms with Crippen molar-refractivity contribution in [3.63, 3.8) is 0 Å². The topological polar surface area (TPSA) is 55.6 Å². The van der Waals surface area contributed by atoms with Crippen molar-refractivity contribution in [1.29, 1.82) is 0 Å². The molecule has 0 aromatic rings. The number of unbranched alkanes of at least 4 members (excludes halogenated alkanes) is 1. The second-order valence-corrected chi connectivity index (χ2v) is 4.94. The highest BCUT2D eigenvalue weighted by Gasteiger charge is 2.39. The van der Waals surface area contributed by atoms with Crippen molar-refractivity contribution in [3.8, 4) is 0 Å². The number of methoxy groups -OCH3 is 1. The van der Waals surface area contributed by atoms with E-state index in [1.54, 1.807) is 7.11 Å². The van der Waals surface area contributed by atoms with Gasteiger partial charge in [0.05, 0.1) is 12.0 Å². The van der Waals surface area contributed by atoms with Gasteiger partial charge in [0.25, 0.3) is 0 Å². The molecule has 4 nitrogen and oxygen atoms in total. The Morgan fingerprint density at radius 3 is 2.53 bits per heavy atom. The van der Waals surface area contributed by atoms with Gasteiger partial charge in [0, 0.05) is 26.7 Å². The second kappa shape index (κ2) is 6.97. The fourth-order valence-electron chi connectivity index (χ4n) is 2.28. The van der Waals surface area contributed by atoms with Crippen LogP contribution in [0.15, 0.2) is 0 Å². The lowest BCUT2D eigenvalue weighted by atomic mass is 9.77. The van der Waals surface area contributed by atoms with Crippen LogP contribution in [-0.2, 0) is 9.53 Å². The number of carbonyl (C=O) groups is 1. The van der Waals surface area contributed by atoms with Gasteiger partial charge in [-0.25, -0.2) is 0 Å². The lowest BCUT2D eigenvalue weighted by Crippen LogP contribution is -2.46. The summed E-state index contributed by atoms with van der Waals surface area (Å²) in [5, 5.41) is 0. The molecule has 2 N–H and O–H groups in total. The van der Waals surface area contributed by atoms with Crippen LogP contribution >= 0.6 is 0 Å². The Kier molecular flexibility index (Phi) is 5.92. The van der Waals surface area contributed by atoms with Crippen LogP contribution in [0.3, 0.4) is 0 Å². The summed E-state index contributed by atoms with van der Waals surface area (Å²) in [6, 6.07) is 0. The quantitative estimate of drug-likeness (QED) is 0.702. The number of nitrogens with two attached hydrogens (primary N) is 1. The molecule has 17 heavy (non-hydrogen) atoms. The molecule has 1 aliphatic rings. The molecule has 0 radical (unpaired) electrons. The first-order valence-electron chi connectivity index (χ1n) is 6.70. The van der Waals surface area contributed by atoms with Crippen molar-refractivity contribution in [2.75, 3.05) is 26.7 Å². The lowest BCUT2D eigenvalue weighted by molar-refractivity contribution is -0.144. The van der Waals surface area contributed by atoms with Gasteiger partial charge in [-0.15, -0.1) is 0 Å². The molecule has 100 valence electrons. The molecule has 1 aliphatic carbocycles. The minimum absolute atomic E-state index is 0.170. The average molecular weight is 242 g/mol. The molecule has 0 bridgehead atoms. The molecular weight excluding hydrogens is 216 g/mol. The summed E-state index contributed by atoms with van der Waals surface area (Å²) in [7, 11) is 1.71. The van der Waals surface area contributed by atoms with Gasteiger partial charge < -0.3 is 15.4 Å². The number of hydrogen-bond donors (Lipinski definition) is 1. The Morgan fingerprint density at radius 2 is 2.12 bits per heavy atom. The standard InChI is InChI=1S/C13H26N2O2/c1-3-4-9-15(10-8-14)12(16)11-13(17-2)6-5-7-13/h3-11,14H2,1-2H3. The third kappa shape index (κ3) is 3.96. The van der Waals surface area contributed by atoms with Crippen molar-refractivity contribution in [1.82, 2.24) is 4.90 Å². The number of rotatable bonds is 8. The Hall–Kier alpha value is -0.610. The van der Waals surface area contributed by atoms with E-state index in [2.05, 4.69) is 6.92 Å². The van der Waals surface area contributed by atoms with E-state index in [9.17, 15) is 4.79 Å². The van der Waals surface area contributed by atoms with Gasteiger partial charge in [0.1, 0.15) is 0 Å². The molecule has 0 atom stereocenters. The summed E-state index contributed by atoms with van der Waals surface area (Å²) >= 11 is 0. The SMILES string of the molecule is CCCCN(CCN)C(=O)CC1(OC)CCC1. The summed E-state index contributed by atoms with van der Waals surface area (Å²) in [5.41, 5.74) is 5.39. The van der Waals surface area contributed by atoms with E-state index in [4.69, 9.17) is 10.5 Å². The zero-order chi connectivity index (χ0) is 12.7. The molecule has 0 aromatic carbocycles. The van der Waals surface area contributed by atoms with Crippen molar-refractivity contribution in [3.05, 3.63) is 0 Å². The van der Waals surface area contributed by atoms with Gasteiger partial charge in [0.15, 0.2) is 0 Å². The highest BCUT2D eigenvalue weighted by Crippen LogP contribution is 2.38. The molecule has 4 heteroatoms. The van der Waals surface area contributed by atoms with Crippen molar-refractivity contribution < 1.29 is 9.53 Å². The molecule has 1 rings (SSSR count). The van der Waals surface area contributed by atoms with Crippen LogP contribution in [0.25, 0.3) is 0 Å². The third-order valence-corrected chi connectivity index (χ3v) is 3.70. The average Bonchev–Trinajstić information content (AvgIpc) is 2.29. The van der Waals surface area contributed by atoms with Gasteiger partial charge in [-0.1, -0.05) is 13.3 Å². The number of nitrogens with zero attached hydrogens (tertiary/aromatic N) is 1. The first kappa shape index (κ1) is 14.5. The lowest BCUT2D eigenvalue weighted by Gasteiger charge is -2.41. The molecule has 1 fully saturated rings. The number of carbonyl (C=O) groups excluding carboxylic acids is 1. The highest BCUT2D eigenvalue weighted by molar-refractivity contribution is 5.77. The first-order valence-corrected chi connectivity index (χ1v) is 6.70. The van der Waals surface area contributed by atoms with Crippen LogP contribution in [-0.4, -0.2) is 43.2 Å². The molecule has 0 heterocycles. The van der Waals surface area contributed by atoms with Crippen LogP contribution < -0.4 is 5.73 Å². The molecular formula is C13H26N2O2. The van der Waals surface area contributed by atoms with Crippen LogP contribution in [0, 0.1) is 0 Å². The molecule has 0 aliphatic heterocycles. The summed E-state index contributed by atoms with van der Waals surface area (Å²) in [5.74, 6) is 0.199. The van der Waals surface area contributed by atoms with Crippen LogP contribution in [0.1, 0.15) is 45.4 Å². The van der Waals surface area contributed by atoms with Gasteiger partial charge >= 0.3 is 0 Å². The maximum absolute atomic E-state index is 12.2. The van der Waals surface area contributed by atoms with Gasteiger partial charge in [-0.05, 0) is 25.7 Å². The number of hydrogen-bond acceptors (Lipinski definition) is 3. The number of amides is 1. The summed E-state index contributed by atoms with van der Waals surface area (Å²) in [6.07, 6.45) is 5.87. The normalized spacial score (nSPS) is 17.6. The predicted octanol–water partition coefficient (Wildman–Crippen LogP) is 1.53. The van der Waals surface area contributed by atoms with Crippen LogP contribution in [0.4, 0.5) is 0 Å². The van der Waals surface area contributed by atoms with Crippen molar-refractivity contribution >= 4 is 5.91 Å². The summed E-state index contributed by atoms with van der Waals surface area (Å²) < 4.78 is 5.50. The van der Waals surface area contributed by atoms with E-state index in [1.807, 2.05) is 4.90 Å². The monoisotopic (exact) mass is 242 g/mol. The molecule has 0 spiro atoms. The molecule has 0 unspecified atom stereocenters. The van der Waals surface area contributed by atoms with E-state index in [1.165, 1.54) is 6.42 Å². The van der Waals surface area contributed by atoms with E-state index in [0.29, 0.717) is 19.5 Å². The maximum atomic E-state index is 12.2. The smallest absolute Gasteiger partial charge is 0.225 e. The zero-order valence-corrected chi connectivity index (χ0v) is 11.2. The van der Waals surface area contributed by atoms with Gasteiger partial charge in [0.2, 0.25) is 5.91 Å². The van der Waals surface area contributed by atoms with Crippen molar-refractivity contribution in [2.45, 2.75) is 51.0 Å². The van der Waals surface area contributed by atoms with E-state index in [-0.39, 0.29) is 11.5 Å². The molecule has 1 saturated carbocycles. The maximum Gasteiger partial charge on any atom is 0.225 e. The minimum Gasteiger partial charge on any atom is -0.378 e. The number of ether oxygens (including phenoxy) is 1. The van der Waals surface area contributed by atoms with Gasteiger partial charge in [-0.2, -0.15) is 0 Å². The van der Waals surface area contributed by atoms with Gasteiger partial charge in [-0.3, -0.25) is 4.79 Å². The Bertz CT molecular complexity index is 234. The van der Waals surface area contributed by atoms with E-state index < -0.39 is 0 Å². The molecule has 0 aromatic heterocycles. The van der Waals surface area contributed by atoms with Crippen LogP contribution in [0.5, 0.6) is 0 Å². The predicted molar refractivity (Wildman–Crippen MR) is 68.8 cm³/mol. The summed E-state index contributed by atoms with van der Waals surface area (Å²) in [6.45, 7) is 4.16. The largest absolute Gasteiger partial charge is 0.378 e. The zero-order valence-electron chi connectivity index (χ0n) is 11.2. The molecule has 0 saturated heterocycles. The fourth-order valence-corrected chi connectivity index (χ4v) is 2.28.